The Labute approximate surface area is 186 Å². The van der Waals surface area contributed by atoms with Gasteiger partial charge in [0.1, 0.15) is 0 Å². The molecule has 2 heterocycles. The van der Waals surface area contributed by atoms with E-state index in [2.05, 4.69) is 57.1 Å². The minimum atomic E-state index is -0.378. The molecule has 1 saturated heterocycles. The molecule has 162 valence electrons. The Hall–Kier alpha value is -2.71. The van der Waals surface area contributed by atoms with Gasteiger partial charge < -0.3 is 10.6 Å². The second-order valence-electron chi connectivity index (χ2n) is 8.04. The van der Waals surface area contributed by atoms with Crippen LogP contribution in [0.3, 0.4) is 0 Å². The molecule has 0 radical (unpaired) electrons. The maximum Gasteiger partial charge on any atom is 0.290 e. The van der Waals surface area contributed by atoms with Crippen molar-refractivity contribution >= 4 is 34.9 Å². The second-order valence-corrected chi connectivity index (χ2v) is 9.05. The van der Waals surface area contributed by atoms with E-state index >= 15 is 0 Å². The van der Waals surface area contributed by atoms with Crippen LogP contribution in [0.5, 0.6) is 0 Å². The molecule has 2 aromatic rings. The molecule has 1 aromatic carbocycles. The third kappa shape index (κ3) is 6.15. The summed E-state index contributed by atoms with van der Waals surface area (Å²) in [5, 5.41) is 9.01. The van der Waals surface area contributed by atoms with Crippen molar-refractivity contribution in [2.75, 3.05) is 11.9 Å². The molecule has 2 aliphatic rings. The number of imide groups is 1. The molecule has 0 bridgehead atoms. The summed E-state index contributed by atoms with van der Waals surface area (Å²) in [5.41, 5.74) is 3.28. The van der Waals surface area contributed by atoms with E-state index in [4.69, 9.17) is 0 Å². The number of hydrogen-bond acceptors (Lipinski definition) is 7. The lowest BCUT2D eigenvalue weighted by Crippen LogP contribution is -2.38. The van der Waals surface area contributed by atoms with Gasteiger partial charge in [-0.3, -0.25) is 14.9 Å². The molecule has 1 aliphatic carbocycles. The summed E-state index contributed by atoms with van der Waals surface area (Å²) in [5.74, 6) is 0.177. The SMILES string of the molecule is Cc1ccc(CCN[C@H]2CC[C@H](Nc3nccc(/C=C4\SC(=O)NC4=O)n3)CC2)cc1. The zero-order chi connectivity index (χ0) is 21.6. The monoisotopic (exact) mass is 437 g/mol. The smallest absolute Gasteiger partial charge is 0.290 e. The molecular formula is C23H27N5O2S. The summed E-state index contributed by atoms with van der Waals surface area (Å²) in [6.45, 7) is 3.11. The van der Waals surface area contributed by atoms with E-state index in [0.717, 1.165) is 50.4 Å². The van der Waals surface area contributed by atoms with Crippen molar-refractivity contribution in [3.8, 4) is 0 Å². The van der Waals surface area contributed by atoms with Crippen LogP contribution in [0.25, 0.3) is 6.08 Å². The fourth-order valence-corrected chi connectivity index (χ4v) is 4.54. The van der Waals surface area contributed by atoms with Gasteiger partial charge >= 0.3 is 0 Å². The highest BCUT2D eigenvalue weighted by molar-refractivity contribution is 8.18. The van der Waals surface area contributed by atoms with Crippen LogP contribution in [0.1, 0.15) is 42.5 Å². The molecular weight excluding hydrogens is 410 g/mol. The van der Waals surface area contributed by atoms with Gasteiger partial charge in [0.25, 0.3) is 11.1 Å². The Morgan fingerprint density at radius 2 is 1.84 bits per heavy atom. The first-order valence-electron chi connectivity index (χ1n) is 10.7. The van der Waals surface area contributed by atoms with Gasteiger partial charge in [0.05, 0.1) is 10.6 Å². The van der Waals surface area contributed by atoms with Gasteiger partial charge in [-0.05, 0) is 75.0 Å². The van der Waals surface area contributed by atoms with Crippen LogP contribution in [-0.2, 0) is 11.2 Å². The average molecular weight is 438 g/mol. The number of rotatable bonds is 7. The average Bonchev–Trinajstić information content (AvgIpc) is 3.07. The maximum absolute atomic E-state index is 11.7. The van der Waals surface area contributed by atoms with Gasteiger partial charge in [0.2, 0.25) is 5.95 Å². The van der Waals surface area contributed by atoms with Crippen LogP contribution in [-0.4, -0.2) is 39.7 Å². The first kappa shape index (κ1) is 21.5. The number of anilines is 1. The van der Waals surface area contributed by atoms with Crippen LogP contribution in [0.15, 0.2) is 41.4 Å². The van der Waals surface area contributed by atoms with Crippen molar-refractivity contribution in [3.05, 3.63) is 58.3 Å². The van der Waals surface area contributed by atoms with E-state index in [1.807, 2.05) is 0 Å². The number of nitrogens with one attached hydrogen (secondary N) is 3. The number of hydrogen-bond donors (Lipinski definition) is 3. The minimum Gasteiger partial charge on any atom is -0.351 e. The molecule has 0 unspecified atom stereocenters. The fourth-order valence-electron chi connectivity index (χ4n) is 3.88. The normalized spacial score (nSPS) is 22.5. The predicted octanol–water partition coefficient (Wildman–Crippen LogP) is 3.66. The summed E-state index contributed by atoms with van der Waals surface area (Å²) in [6, 6.07) is 11.4. The Kier molecular flexibility index (Phi) is 6.99. The molecule has 0 spiro atoms. The predicted molar refractivity (Wildman–Crippen MR) is 124 cm³/mol. The number of aryl methyl sites for hydroxylation is 1. The summed E-state index contributed by atoms with van der Waals surface area (Å²) in [4.78, 5) is 32.1. The molecule has 4 rings (SSSR count). The number of carbonyl (C=O) groups is 2. The third-order valence-electron chi connectivity index (χ3n) is 5.63. The molecule has 0 atom stereocenters. The number of thioether (sulfide) groups is 1. The van der Waals surface area contributed by atoms with Crippen LogP contribution in [0.4, 0.5) is 10.7 Å². The highest BCUT2D eigenvalue weighted by Crippen LogP contribution is 2.25. The third-order valence-corrected chi connectivity index (χ3v) is 6.44. The number of carbonyl (C=O) groups excluding carboxylic acids is 2. The van der Waals surface area contributed by atoms with E-state index in [9.17, 15) is 9.59 Å². The highest BCUT2D eigenvalue weighted by atomic mass is 32.2. The highest BCUT2D eigenvalue weighted by Gasteiger charge is 2.25. The zero-order valence-electron chi connectivity index (χ0n) is 17.6. The Morgan fingerprint density at radius 1 is 1.10 bits per heavy atom. The van der Waals surface area contributed by atoms with Gasteiger partial charge in [-0.2, -0.15) is 0 Å². The number of benzene rings is 1. The van der Waals surface area contributed by atoms with Crippen molar-refractivity contribution in [2.45, 2.75) is 51.1 Å². The molecule has 1 saturated carbocycles. The lowest BCUT2D eigenvalue weighted by atomic mass is 9.91. The summed E-state index contributed by atoms with van der Waals surface area (Å²) in [7, 11) is 0. The van der Waals surface area contributed by atoms with E-state index in [1.165, 1.54) is 11.1 Å². The molecule has 3 N–H and O–H groups in total. The first-order valence-corrected chi connectivity index (χ1v) is 11.5. The molecule has 8 heteroatoms. The molecule has 31 heavy (non-hydrogen) atoms. The zero-order valence-corrected chi connectivity index (χ0v) is 18.4. The Balaban J connectivity index is 1.23. The minimum absolute atomic E-state index is 0.337. The standard InChI is InChI=1S/C23H27N5O2S/c1-15-2-4-16(5-3-15)10-12-24-17-6-8-18(9-7-17)26-22-25-13-11-19(27-22)14-20-21(29)28-23(30)31-20/h2-5,11,13-14,17-18,24H,6-10,12H2,1H3,(H,25,26,27)(H,28,29,30)/b20-14-/t17-,18-. The Bertz CT molecular complexity index is 968. The van der Waals surface area contributed by atoms with Gasteiger partial charge in [0, 0.05) is 18.3 Å². The Morgan fingerprint density at radius 3 is 2.55 bits per heavy atom. The second kappa shape index (κ2) is 10.1. The van der Waals surface area contributed by atoms with Crippen LogP contribution < -0.4 is 16.0 Å². The van der Waals surface area contributed by atoms with Gasteiger partial charge in [-0.15, -0.1) is 0 Å². The lowest BCUT2D eigenvalue weighted by molar-refractivity contribution is -0.115. The van der Waals surface area contributed by atoms with Crippen molar-refractivity contribution in [1.82, 2.24) is 20.6 Å². The van der Waals surface area contributed by atoms with Crippen molar-refractivity contribution in [2.24, 2.45) is 0 Å². The fraction of sp³-hybridized carbons (Fsp3) is 0.391. The number of nitrogens with zero attached hydrogens (tertiary/aromatic N) is 2. The largest absolute Gasteiger partial charge is 0.351 e. The van der Waals surface area contributed by atoms with Crippen molar-refractivity contribution in [1.29, 1.82) is 0 Å². The van der Waals surface area contributed by atoms with Gasteiger partial charge in [-0.1, -0.05) is 29.8 Å². The van der Waals surface area contributed by atoms with E-state index in [1.54, 1.807) is 18.3 Å². The van der Waals surface area contributed by atoms with Crippen LogP contribution in [0, 0.1) is 6.92 Å². The summed E-state index contributed by atoms with van der Waals surface area (Å²) >= 11 is 0.889. The maximum atomic E-state index is 11.7. The molecule has 2 fully saturated rings. The van der Waals surface area contributed by atoms with Gasteiger partial charge in [0.15, 0.2) is 0 Å². The van der Waals surface area contributed by atoms with E-state index in [-0.39, 0.29) is 11.1 Å². The van der Waals surface area contributed by atoms with Crippen LogP contribution >= 0.6 is 11.8 Å². The molecule has 7 nitrogen and oxygen atoms in total. The quantitative estimate of drug-likeness (QED) is 0.569. The lowest BCUT2D eigenvalue weighted by Gasteiger charge is -2.29. The van der Waals surface area contributed by atoms with E-state index in [0.29, 0.717) is 28.6 Å². The number of aromatic nitrogens is 2. The van der Waals surface area contributed by atoms with Crippen LogP contribution in [0.2, 0.25) is 0 Å². The van der Waals surface area contributed by atoms with Crippen molar-refractivity contribution in [3.63, 3.8) is 0 Å². The molecule has 2 amide bonds. The number of amides is 2. The summed E-state index contributed by atoms with van der Waals surface area (Å²) in [6.07, 6.45) is 8.69. The summed E-state index contributed by atoms with van der Waals surface area (Å²) < 4.78 is 0. The first-order chi connectivity index (χ1) is 15.0. The van der Waals surface area contributed by atoms with E-state index < -0.39 is 0 Å². The molecule has 1 aliphatic heterocycles. The topological polar surface area (TPSA) is 96.0 Å². The van der Waals surface area contributed by atoms with Gasteiger partial charge in [-0.25, -0.2) is 9.97 Å². The molecule has 1 aromatic heterocycles. The van der Waals surface area contributed by atoms with Crippen molar-refractivity contribution < 1.29 is 9.59 Å².